The number of hydrogen-bond donors (Lipinski definition) is 1. The van der Waals surface area contributed by atoms with E-state index in [9.17, 15) is 14.4 Å². The molecular weight excluding hydrogens is 366 g/mol. The maximum atomic E-state index is 13.0. The molecule has 3 amide bonds. The normalized spacial score (nSPS) is 17.9. The van der Waals surface area contributed by atoms with Crippen molar-refractivity contribution in [3.8, 4) is 0 Å². The summed E-state index contributed by atoms with van der Waals surface area (Å²) in [6.45, 7) is 4.64. The molecule has 2 aromatic carbocycles. The number of carbonyl (C=O) groups excluding carboxylic acids is 3. The van der Waals surface area contributed by atoms with Crippen molar-refractivity contribution in [2.45, 2.75) is 45.6 Å². The van der Waals surface area contributed by atoms with Crippen molar-refractivity contribution in [2.75, 3.05) is 21.7 Å². The predicted octanol–water partition coefficient (Wildman–Crippen LogP) is 3.75. The van der Waals surface area contributed by atoms with Crippen molar-refractivity contribution < 1.29 is 14.4 Å². The molecule has 1 fully saturated rings. The second-order valence-corrected chi connectivity index (χ2v) is 7.52. The lowest BCUT2D eigenvalue weighted by molar-refractivity contribution is -0.122. The number of hydrogen-bond acceptors (Lipinski definition) is 3. The highest BCUT2D eigenvalue weighted by Gasteiger charge is 2.44. The number of carbonyl (C=O) groups is 3. The summed E-state index contributed by atoms with van der Waals surface area (Å²) in [5.41, 5.74) is 3.70. The van der Waals surface area contributed by atoms with Gasteiger partial charge in [-0.25, -0.2) is 0 Å². The molecule has 2 aliphatic heterocycles. The lowest BCUT2D eigenvalue weighted by Crippen LogP contribution is -2.52. The standard InChI is InChI=1S/C23H25N3O3/c1-3-12-25-20-14-16(22(28)24-17-7-5-6-15(4-2)13-17)8-9-18(20)26-19(23(25)29)10-11-21(26)27/h5-9,13-14,19H,3-4,10-12H2,1-2H3,(H,24,28)/t19-/m0/s1. The van der Waals surface area contributed by atoms with Gasteiger partial charge in [-0.2, -0.15) is 0 Å². The second kappa shape index (κ2) is 7.70. The smallest absolute Gasteiger partial charge is 0.255 e. The number of rotatable bonds is 5. The first-order valence-corrected chi connectivity index (χ1v) is 10.2. The minimum atomic E-state index is -0.419. The Hall–Kier alpha value is -3.15. The summed E-state index contributed by atoms with van der Waals surface area (Å²) in [6, 6.07) is 12.6. The Morgan fingerprint density at radius 3 is 2.69 bits per heavy atom. The van der Waals surface area contributed by atoms with Gasteiger partial charge in [0.15, 0.2) is 0 Å². The van der Waals surface area contributed by atoms with Crippen molar-refractivity contribution in [3.05, 3.63) is 53.6 Å². The van der Waals surface area contributed by atoms with Crippen molar-refractivity contribution in [3.63, 3.8) is 0 Å². The van der Waals surface area contributed by atoms with Gasteiger partial charge in [0.25, 0.3) is 5.91 Å². The van der Waals surface area contributed by atoms with Crippen molar-refractivity contribution in [2.24, 2.45) is 0 Å². The van der Waals surface area contributed by atoms with Crippen LogP contribution in [0.15, 0.2) is 42.5 Å². The molecule has 1 saturated heterocycles. The van der Waals surface area contributed by atoms with Crippen LogP contribution in [-0.4, -0.2) is 30.3 Å². The van der Waals surface area contributed by atoms with Gasteiger partial charge in [0, 0.05) is 24.2 Å². The van der Waals surface area contributed by atoms with E-state index in [4.69, 9.17) is 0 Å². The molecule has 2 aromatic rings. The quantitative estimate of drug-likeness (QED) is 0.844. The van der Waals surface area contributed by atoms with E-state index in [-0.39, 0.29) is 17.7 Å². The van der Waals surface area contributed by atoms with Gasteiger partial charge in [-0.1, -0.05) is 26.0 Å². The van der Waals surface area contributed by atoms with Gasteiger partial charge in [-0.3, -0.25) is 19.3 Å². The molecule has 1 atom stereocenters. The maximum Gasteiger partial charge on any atom is 0.255 e. The molecule has 0 aromatic heterocycles. The summed E-state index contributed by atoms with van der Waals surface area (Å²) in [5, 5.41) is 2.93. The van der Waals surface area contributed by atoms with E-state index in [0.29, 0.717) is 30.6 Å². The van der Waals surface area contributed by atoms with E-state index in [0.717, 1.165) is 29.8 Å². The Morgan fingerprint density at radius 1 is 1.10 bits per heavy atom. The second-order valence-electron chi connectivity index (χ2n) is 7.52. The monoisotopic (exact) mass is 391 g/mol. The fourth-order valence-electron chi connectivity index (χ4n) is 4.13. The SMILES string of the molecule is CCCN1C(=O)[C@@H]2CCC(=O)N2c2ccc(C(=O)Nc3cccc(CC)c3)cc21. The summed E-state index contributed by atoms with van der Waals surface area (Å²) in [5.74, 6) is -0.326. The maximum absolute atomic E-state index is 13.0. The van der Waals surface area contributed by atoms with Crippen LogP contribution in [0.4, 0.5) is 17.1 Å². The molecule has 0 radical (unpaired) electrons. The Kier molecular flexibility index (Phi) is 5.09. The third-order valence-electron chi connectivity index (χ3n) is 5.59. The van der Waals surface area contributed by atoms with Crippen LogP contribution in [0, 0.1) is 0 Å². The Balaban J connectivity index is 1.68. The topological polar surface area (TPSA) is 69.7 Å². The third kappa shape index (κ3) is 3.39. The number of benzene rings is 2. The molecule has 4 rings (SSSR count). The van der Waals surface area contributed by atoms with Crippen LogP contribution in [-0.2, 0) is 16.0 Å². The van der Waals surface area contributed by atoms with Gasteiger partial charge < -0.3 is 10.2 Å². The summed E-state index contributed by atoms with van der Waals surface area (Å²) >= 11 is 0. The molecule has 2 heterocycles. The van der Waals surface area contributed by atoms with Crippen LogP contribution in [0.25, 0.3) is 0 Å². The molecule has 0 unspecified atom stereocenters. The number of aryl methyl sites for hydroxylation is 1. The first-order valence-electron chi connectivity index (χ1n) is 10.2. The van der Waals surface area contributed by atoms with Gasteiger partial charge >= 0.3 is 0 Å². The molecule has 2 aliphatic rings. The Bertz CT molecular complexity index is 985. The van der Waals surface area contributed by atoms with Gasteiger partial charge in [0.1, 0.15) is 6.04 Å². The lowest BCUT2D eigenvalue weighted by atomic mass is 10.0. The number of amides is 3. The van der Waals surface area contributed by atoms with Crippen LogP contribution in [0.2, 0.25) is 0 Å². The largest absolute Gasteiger partial charge is 0.322 e. The highest BCUT2D eigenvalue weighted by Crippen LogP contribution is 2.41. The zero-order chi connectivity index (χ0) is 20.5. The summed E-state index contributed by atoms with van der Waals surface area (Å²) < 4.78 is 0. The van der Waals surface area contributed by atoms with Gasteiger partial charge in [-0.05, 0) is 55.2 Å². The van der Waals surface area contributed by atoms with Crippen LogP contribution < -0.4 is 15.1 Å². The predicted molar refractivity (Wildman–Crippen MR) is 113 cm³/mol. The Labute approximate surface area is 170 Å². The van der Waals surface area contributed by atoms with E-state index in [1.807, 2.05) is 31.2 Å². The molecule has 6 nitrogen and oxygen atoms in total. The fourth-order valence-corrected chi connectivity index (χ4v) is 4.13. The lowest BCUT2D eigenvalue weighted by Gasteiger charge is -2.38. The summed E-state index contributed by atoms with van der Waals surface area (Å²) in [6.07, 6.45) is 2.62. The number of nitrogens with zero attached hydrogens (tertiary/aromatic N) is 2. The first kappa shape index (κ1) is 19.2. The van der Waals surface area contributed by atoms with E-state index in [2.05, 4.69) is 12.2 Å². The summed E-state index contributed by atoms with van der Waals surface area (Å²) in [4.78, 5) is 41.5. The van der Waals surface area contributed by atoms with Crippen LogP contribution >= 0.6 is 0 Å². The third-order valence-corrected chi connectivity index (χ3v) is 5.59. The first-order chi connectivity index (χ1) is 14.0. The average molecular weight is 391 g/mol. The minimum absolute atomic E-state index is 0.0330. The molecule has 6 heteroatoms. The van der Waals surface area contributed by atoms with Crippen molar-refractivity contribution in [1.82, 2.24) is 0 Å². The van der Waals surface area contributed by atoms with Crippen LogP contribution in [0.5, 0.6) is 0 Å². The molecule has 0 aliphatic carbocycles. The highest BCUT2D eigenvalue weighted by molar-refractivity contribution is 6.16. The number of anilines is 3. The fraction of sp³-hybridized carbons (Fsp3) is 0.348. The van der Waals surface area contributed by atoms with Gasteiger partial charge in [0.2, 0.25) is 11.8 Å². The molecular formula is C23H25N3O3. The van der Waals surface area contributed by atoms with Gasteiger partial charge in [-0.15, -0.1) is 0 Å². The van der Waals surface area contributed by atoms with E-state index in [1.54, 1.807) is 28.0 Å². The molecule has 0 spiro atoms. The minimum Gasteiger partial charge on any atom is -0.322 e. The van der Waals surface area contributed by atoms with Crippen LogP contribution in [0.3, 0.4) is 0 Å². The van der Waals surface area contributed by atoms with E-state index < -0.39 is 6.04 Å². The zero-order valence-corrected chi connectivity index (χ0v) is 16.8. The number of fused-ring (bicyclic) bond motifs is 3. The molecule has 150 valence electrons. The van der Waals surface area contributed by atoms with Crippen molar-refractivity contribution >= 4 is 34.8 Å². The highest BCUT2D eigenvalue weighted by atomic mass is 16.2. The molecule has 29 heavy (non-hydrogen) atoms. The Morgan fingerprint density at radius 2 is 1.93 bits per heavy atom. The summed E-state index contributed by atoms with van der Waals surface area (Å²) in [7, 11) is 0. The molecule has 0 saturated carbocycles. The average Bonchev–Trinajstić information content (AvgIpc) is 3.12. The van der Waals surface area contributed by atoms with E-state index in [1.165, 1.54) is 0 Å². The van der Waals surface area contributed by atoms with Gasteiger partial charge in [0.05, 0.1) is 11.4 Å². The molecule has 0 bridgehead atoms. The van der Waals surface area contributed by atoms with E-state index >= 15 is 0 Å². The zero-order valence-electron chi connectivity index (χ0n) is 16.8. The van der Waals surface area contributed by atoms with Crippen LogP contribution in [0.1, 0.15) is 49.0 Å². The number of nitrogens with one attached hydrogen (secondary N) is 1. The molecule has 1 N–H and O–H groups in total. The van der Waals surface area contributed by atoms with Crippen molar-refractivity contribution in [1.29, 1.82) is 0 Å².